The third kappa shape index (κ3) is 3.42. The Morgan fingerprint density at radius 3 is 2.74 bits per heavy atom. The standard InChI is InChI=1S/C17H14FN3O2/c1-11(12-4-6-14(18)7-5-12)20-17(22)15-9-16(23-21-15)13-3-2-8-19-10-13/h2-11H,1H3,(H,20,22)/t11-/m1/s1. The first kappa shape index (κ1) is 14.9. The van der Waals surface area contributed by atoms with Crippen molar-refractivity contribution in [3.8, 4) is 11.3 Å². The molecule has 0 saturated carbocycles. The molecule has 0 fully saturated rings. The number of rotatable bonds is 4. The molecule has 0 bridgehead atoms. The van der Waals surface area contributed by atoms with Gasteiger partial charge < -0.3 is 9.84 Å². The number of nitrogens with one attached hydrogen (secondary N) is 1. The zero-order valence-corrected chi connectivity index (χ0v) is 12.4. The largest absolute Gasteiger partial charge is 0.355 e. The second kappa shape index (κ2) is 6.39. The van der Waals surface area contributed by atoms with E-state index in [0.717, 1.165) is 11.1 Å². The van der Waals surface area contributed by atoms with E-state index in [1.807, 2.05) is 13.0 Å². The van der Waals surface area contributed by atoms with Crippen molar-refractivity contribution >= 4 is 5.91 Å². The van der Waals surface area contributed by atoms with Gasteiger partial charge in [-0.05, 0) is 36.8 Å². The van der Waals surface area contributed by atoms with Gasteiger partial charge in [-0.3, -0.25) is 9.78 Å². The molecule has 0 radical (unpaired) electrons. The number of carbonyl (C=O) groups excluding carboxylic acids is 1. The van der Waals surface area contributed by atoms with Crippen LogP contribution in [0.5, 0.6) is 0 Å². The van der Waals surface area contributed by atoms with E-state index >= 15 is 0 Å². The van der Waals surface area contributed by atoms with E-state index in [9.17, 15) is 9.18 Å². The number of pyridine rings is 1. The minimum atomic E-state index is -0.360. The molecule has 0 saturated heterocycles. The van der Waals surface area contributed by atoms with Crippen LogP contribution in [0, 0.1) is 5.82 Å². The zero-order valence-electron chi connectivity index (χ0n) is 12.4. The van der Waals surface area contributed by atoms with Gasteiger partial charge in [-0.1, -0.05) is 17.3 Å². The lowest BCUT2D eigenvalue weighted by molar-refractivity contribution is 0.0931. The highest BCUT2D eigenvalue weighted by Gasteiger charge is 2.16. The van der Waals surface area contributed by atoms with Crippen LogP contribution in [0.3, 0.4) is 0 Å². The Morgan fingerprint density at radius 1 is 1.26 bits per heavy atom. The number of aromatic nitrogens is 2. The summed E-state index contributed by atoms with van der Waals surface area (Å²) in [5.41, 5.74) is 1.72. The summed E-state index contributed by atoms with van der Waals surface area (Å²) in [6.07, 6.45) is 3.28. The van der Waals surface area contributed by atoms with E-state index in [1.54, 1.807) is 36.7 Å². The highest BCUT2D eigenvalue weighted by Crippen LogP contribution is 2.19. The number of amides is 1. The molecule has 1 amide bonds. The van der Waals surface area contributed by atoms with Crippen molar-refractivity contribution in [2.24, 2.45) is 0 Å². The predicted molar refractivity (Wildman–Crippen MR) is 82.0 cm³/mol. The summed E-state index contributed by atoms with van der Waals surface area (Å²) in [7, 11) is 0. The lowest BCUT2D eigenvalue weighted by Crippen LogP contribution is -2.26. The summed E-state index contributed by atoms with van der Waals surface area (Å²) < 4.78 is 18.1. The van der Waals surface area contributed by atoms with Crippen LogP contribution in [0.2, 0.25) is 0 Å². The Balaban J connectivity index is 1.71. The highest BCUT2D eigenvalue weighted by atomic mass is 19.1. The summed E-state index contributed by atoms with van der Waals surface area (Å²) in [4.78, 5) is 16.2. The van der Waals surface area contributed by atoms with Crippen molar-refractivity contribution in [2.75, 3.05) is 0 Å². The Hall–Kier alpha value is -3.02. The number of hydrogen-bond donors (Lipinski definition) is 1. The minimum Gasteiger partial charge on any atom is -0.355 e. The Morgan fingerprint density at radius 2 is 2.04 bits per heavy atom. The maximum atomic E-state index is 12.9. The molecular formula is C17H14FN3O2. The van der Waals surface area contributed by atoms with Crippen LogP contribution >= 0.6 is 0 Å². The Bertz CT molecular complexity index is 800. The van der Waals surface area contributed by atoms with Gasteiger partial charge in [0.15, 0.2) is 11.5 Å². The van der Waals surface area contributed by atoms with Crippen molar-refractivity contribution in [2.45, 2.75) is 13.0 Å². The predicted octanol–water partition coefficient (Wildman–Crippen LogP) is 3.37. The van der Waals surface area contributed by atoms with E-state index in [0.29, 0.717) is 5.76 Å². The first-order valence-electron chi connectivity index (χ1n) is 7.07. The van der Waals surface area contributed by atoms with Gasteiger partial charge in [-0.25, -0.2) is 4.39 Å². The molecule has 1 atom stereocenters. The van der Waals surface area contributed by atoms with E-state index in [-0.39, 0.29) is 23.5 Å². The molecule has 0 aliphatic rings. The quantitative estimate of drug-likeness (QED) is 0.802. The number of carbonyl (C=O) groups is 1. The molecule has 0 aliphatic carbocycles. The molecule has 6 heteroatoms. The van der Waals surface area contributed by atoms with Crippen LogP contribution in [0.1, 0.15) is 29.0 Å². The van der Waals surface area contributed by atoms with E-state index in [2.05, 4.69) is 15.5 Å². The number of hydrogen-bond acceptors (Lipinski definition) is 4. The van der Waals surface area contributed by atoms with Crippen LogP contribution in [-0.4, -0.2) is 16.0 Å². The fourth-order valence-corrected chi connectivity index (χ4v) is 2.13. The summed E-state index contributed by atoms with van der Waals surface area (Å²) >= 11 is 0. The van der Waals surface area contributed by atoms with Crippen LogP contribution in [0.4, 0.5) is 4.39 Å². The van der Waals surface area contributed by atoms with E-state index in [4.69, 9.17) is 4.52 Å². The van der Waals surface area contributed by atoms with Gasteiger partial charge in [0.1, 0.15) is 5.82 Å². The first-order chi connectivity index (χ1) is 11.1. The van der Waals surface area contributed by atoms with E-state index < -0.39 is 0 Å². The minimum absolute atomic E-state index is 0.179. The van der Waals surface area contributed by atoms with Crippen LogP contribution in [-0.2, 0) is 0 Å². The molecule has 116 valence electrons. The molecule has 0 unspecified atom stereocenters. The third-order valence-electron chi connectivity index (χ3n) is 3.41. The van der Waals surface area contributed by atoms with Gasteiger partial charge in [0.05, 0.1) is 6.04 Å². The number of halogens is 1. The average molecular weight is 311 g/mol. The lowest BCUT2D eigenvalue weighted by Gasteiger charge is -2.12. The fourth-order valence-electron chi connectivity index (χ4n) is 2.13. The zero-order chi connectivity index (χ0) is 16.2. The average Bonchev–Trinajstić information content (AvgIpc) is 3.06. The molecule has 3 aromatic rings. The smallest absolute Gasteiger partial charge is 0.273 e. The van der Waals surface area contributed by atoms with Gasteiger partial charge in [0.2, 0.25) is 0 Å². The summed E-state index contributed by atoms with van der Waals surface area (Å²) in [5, 5.41) is 6.58. The molecular weight excluding hydrogens is 297 g/mol. The van der Waals surface area contributed by atoms with Gasteiger partial charge in [0.25, 0.3) is 5.91 Å². The second-order valence-corrected chi connectivity index (χ2v) is 5.06. The molecule has 0 aliphatic heterocycles. The molecule has 5 nitrogen and oxygen atoms in total. The number of benzene rings is 1. The maximum Gasteiger partial charge on any atom is 0.273 e. The van der Waals surface area contributed by atoms with Crippen molar-refractivity contribution < 1.29 is 13.7 Å². The summed E-state index contributed by atoms with van der Waals surface area (Å²) in [6, 6.07) is 10.8. The SMILES string of the molecule is C[C@@H](NC(=O)c1cc(-c2cccnc2)on1)c1ccc(F)cc1. The highest BCUT2D eigenvalue weighted by molar-refractivity contribution is 5.93. The molecule has 0 spiro atoms. The van der Waals surface area contributed by atoms with Gasteiger partial charge in [0, 0.05) is 24.0 Å². The van der Waals surface area contributed by atoms with Crippen molar-refractivity contribution in [1.29, 1.82) is 0 Å². The molecule has 1 aromatic carbocycles. The lowest BCUT2D eigenvalue weighted by atomic mass is 10.1. The Labute approximate surface area is 132 Å². The monoisotopic (exact) mass is 311 g/mol. The second-order valence-electron chi connectivity index (χ2n) is 5.06. The normalized spacial score (nSPS) is 11.9. The number of nitrogens with zero attached hydrogens (tertiary/aromatic N) is 2. The van der Waals surface area contributed by atoms with Gasteiger partial charge in [-0.15, -0.1) is 0 Å². The van der Waals surface area contributed by atoms with Crippen LogP contribution in [0.15, 0.2) is 59.4 Å². The molecule has 2 heterocycles. The maximum absolute atomic E-state index is 12.9. The molecule has 3 rings (SSSR count). The van der Waals surface area contributed by atoms with Gasteiger partial charge in [-0.2, -0.15) is 0 Å². The molecule has 23 heavy (non-hydrogen) atoms. The first-order valence-corrected chi connectivity index (χ1v) is 7.07. The van der Waals surface area contributed by atoms with Crippen LogP contribution < -0.4 is 5.32 Å². The summed E-state index contributed by atoms with van der Waals surface area (Å²) in [5.74, 6) is -0.205. The Kier molecular flexibility index (Phi) is 4.14. The van der Waals surface area contributed by atoms with Gasteiger partial charge >= 0.3 is 0 Å². The molecule has 1 N–H and O–H groups in total. The van der Waals surface area contributed by atoms with E-state index in [1.165, 1.54) is 12.1 Å². The third-order valence-corrected chi connectivity index (χ3v) is 3.41. The topological polar surface area (TPSA) is 68.0 Å². The molecule has 2 aromatic heterocycles. The van der Waals surface area contributed by atoms with Crippen molar-refractivity contribution in [1.82, 2.24) is 15.5 Å². The van der Waals surface area contributed by atoms with Crippen molar-refractivity contribution in [3.05, 3.63) is 71.9 Å². The fraction of sp³-hybridized carbons (Fsp3) is 0.118. The van der Waals surface area contributed by atoms with Crippen LogP contribution in [0.25, 0.3) is 11.3 Å². The van der Waals surface area contributed by atoms with Crippen molar-refractivity contribution in [3.63, 3.8) is 0 Å². The summed E-state index contributed by atoms with van der Waals surface area (Å²) in [6.45, 7) is 1.81.